The molecule has 0 aliphatic carbocycles. The number of fused-ring (bicyclic) bond motifs is 1. The van der Waals surface area contributed by atoms with Crippen LogP contribution in [-0.4, -0.2) is 56.6 Å². The zero-order valence-electron chi connectivity index (χ0n) is 23.5. The second-order valence-electron chi connectivity index (χ2n) is 11.7. The lowest BCUT2D eigenvalue weighted by Gasteiger charge is -2.22. The van der Waals surface area contributed by atoms with Crippen molar-refractivity contribution < 1.29 is 27.6 Å². The first kappa shape index (κ1) is 29.1. The first-order chi connectivity index (χ1) is 19.1. The molecule has 2 aliphatic rings. The molecule has 5 rings (SSSR count). The Kier molecular flexibility index (Phi) is 7.22. The van der Waals surface area contributed by atoms with Gasteiger partial charge in [0, 0.05) is 41.7 Å². The van der Waals surface area contributed by atoms with Crippen LogP contribution in [0.25, 0.3) is 21.5 Å². The van der Waals surface area contributed by atoms with E-state index in [2.05, 4.69) is 9.97 Å². The maximum atomic E-state index is 13.9. The largest absolute Gasteiger partial charge is 0.433 e. The summed E-state index contributed by atoms with van der Waals surface area (Å²) in [5, 5.41) is 0. The van der Waals surface area contributed by atoms with E-state index >= 15 is 0 Å². The molecule has 0 radical (unpaired) electrons. The SMILES string of the molecule is Cc1cc(C(F)(F)F)nc(-c2ccnc3cc(CN4C(=O)C(C)C(C)(C)C4=O)sc23)c1C(=O)N1CCC(C(C)N)C1. The molecule has 0 saturated carbocycles. The van der Waals surface area contributed by atoms with Crippen LogP contribution in [0.3, 0.4) is 0 Å². The van der Waals surface area contributed by atoms with Crippen LogP contribution in [0, 0.1) is 24.2 Å². The molecule has 2 saturated heterocycles. The number of aryl methyl sites for hydroxylation is 1. The Balaban J connectivity index is 1.60. The van der Waals surface area contributed by atoms with Gasteiger partial charge in [-0.15, -0.1) is 11.3 Å². The van der Waals surface area contributed by atoms with Gasteiger partial charge in [-0.3, -0.25) is 24.3 Å². The van der Waals surface area contributed by atoms with E-state index in [-0.39, 0.29) is 47.1 Å². The quantitative estimate of drug-likeness (QED) is 0.420. The van der Waals surface area contributed by atoms with Gasteiger partial charge in [-0.25, -0.2) is 4.98 Å². The van der Waals surface area contributed by atoms with E-state index < -0.39 is 29.1 Å². The molecule has 3 atom stereocenters. The van der Waals surface area contributed by atoms with Gasteiger partial charge in [0.1, 0.15) is 5.69 Å². The van der Waals surface area contributed by atoms with Gasteiger partial charge in [0.2, 0.25) is 11.8 Å². The number of likely N-dealkylation sites (tertiary alicyclic amines) is 2. The lowest BCUT2D eigenvalue weighted by atomic mass is 9.82. The van der Waals surface area contributed by atoms with Crippen molar-refractivity contribution in [2.24, 2.45) is 23.0 Å². The summed E-state index contributed by atoms with van der Waals surface area (Å²) >= 11 is 1.22. The minimum absolute atomic E-state index is 0.0270. The van der Waals surface area contributed by atoms with E-state index in [1.165, 1.54) is 29.4 Å². The average Bonchev–Trinajstić information content (AvgIpc) is 3.59. The normalized spacial score (nSPS) is 21.8. The molecule has 3 aromatic heterocycles. The number of alkyl halides is 3. The van der Waals surface area contributed by atoms with Crippen LogP contribution in [0.15, 0.2) is 24.4 Å². The first-order valence-electron chi connectivity index (χ1n) is 13.5. The average molecular weight is 588 g/mol. The minimum atomic E-state index is -4.72. The van der Waals surface area contributed by atoms with Crippen molar-refractivity contribution >= 4 is 39.3 Å². The zero-order chi connectivity index (χ0) is 30.0. The number of nitrogens with two attached hydrogens (primary N) is 1. The number of hydrogen-bond donors (Lipinski definition) is 1. The van der Waals surface area contributed by atoms with E-state index in [1.54, 1.807) is 37.8 Å². The van der Waals surface area contributed by atoms with Gasteiger partial charge in [-0.2, -0.15) is 13.2 Å². The molecule has 2 fully saturated rings. The number of thiophene rings is 1. The predicted octanol–water partition coefficient (Wildman–Crippen LogP) is 5.03. The monoisotopic (exact) mass is 587 g/mol. The number of pyridine rings is 2. The molecule has 2 N–H and O–H groups in total. The molecule has 3 aromatic rings. The van der Waals surface area contributed by atoms with Crippen LogP contribution in [0.2, 0.25) is 0 Å². The zero-order valence-corrected chi connectivity index (χ0v) is 24.3. The molecule has 2 aliphatic heterocycles. The molecule has 12 heteroatoms. The summed E-state index contributed by atoms with van der Waals surface area (Å²) < 4.78 is 42.2. The Morgan fingerprint density at radius 3 is 2.56 bits per heavy atom. The molecule has 8 nitrogen and oxygen atoms in total. The Morgan fingerprint density at radius 2 is 1.98 bits per heavy atom. The molecule has 3 unspecified atom stereocenters. The number of amides is 3. The predicted molar refractivity (Wildman–Crippen MR) is 149 cm³/mol. The molecule has 3 amide bonds. The topological polar surface area (TPSA) is 109 Å². The Morgan fingerprint density at radius 1 is 1.27 bits per heavy atom. The van der Waals surface area contributed by atoms with Crippen molar-refractivity contribution in [1.82, 2.24) is 19.8 Å². The number of carbonyl (C=O) groups is 3. The van der Waals surface area contributed by atoms with Crippen molar-refractivity contribution in [3.63, 3.8) is 0 Å². The highest BCUT2D eigenvalue weighted by Crippen LogP contribution is 2.41. The third-order valence-corrected chi connectivity index (χ3v) is 9.67. The van der Waals surface area contributed by atoms with Gasteiger partial charge < -0.3 is 10.6 Å². The van der Waals surface area contributed by atoms with Crippen LogP contribution < -0.4 is 5.73 Å². The third-order valence-electron chi connectivity index (χ3n) is 8.52. The van der Waals surface area contributed by atoms with Crippen molar-refractivity contribution in [3.05, 3.63) is 46.1 Å². The molecule has 5 heterocycles. The summed E-state index contributed by atoms with van der Waals surface area (Å²) in [6.07, 6.45) is -2.55. The van der Waals surface area contributed by atoms with Crippen LogP contribution in [0.4, 0.5) is 13.2 Å². The first-order valence-corrected chi connectivity index (χ1v) is 14.3. The molecule has 0 aromatic carbocycles. The van der Waals surface area contributed by atoms with Crippen LogP contribution >= 0.6 is 11.3 Å². The highest BCUT2D eigenvalue weighted by molar-refractivity contribution is 7.19. The Hall–Kier alpha value is -3.38. The molecule has 41 heavy (non-hydrogen) atoms. The highest BCUT2D eigenvalue weighted by atomic mass is 32.1. The number of hydrogen-bond acceptors (Lipinski definition) is 7. The summed E-state index contributed by atoms with van der Waals surface area (Å²) in [4.78, 5) is 51.5. The van der Waals surface area contributed by atoms with Gasteiger partial charge in [-0.1, -0.05) is 20.8 Å². The van der Waals surface area contributed by atoms with E-state index in [1.807, 2.05) is 6.92 Å². The van der Waals surface area contributed by atoms with Gasteiger partial charge in [0.05, 0.1) is 33.4 Å². The molecular weight excluding hydrogens is 555 g/mol. The third kappa shape index (κ3) is 5.01. The van der Waals surface area contributed by atoms with Crippen molar-refractivity contribution in [3.8, 4) is 11.3 Å². The number of halogens is 3. The minimum Gasteiger partial charge on any atom is -0.338 e. The smallest absolute Gasteiger partial charge is 0.338 e. The maximum Gasteiger partial charge on any atom is 0.433 e. The summed E-state index contributed by atoms with van der Waals surface area (Å²) in [5.74, 6) is -1.32. The van der Waals surface area contributed by atoms with E-state index in [9.17, 15) is 27.6 Å². The number of rotatable bonds is 5. The molecule has 218 valence electrons. The molecule has 0 bridgehead atoms. The number of imide groups is 1. The fraction of sp³-hybridized carbons (Fsp3) is 0.483. The van der Waals surface area contributed by atoms with E-state index in [4.69, 9.17) is 5.73 Å². The summed E-state index contributed by atoms with van der Waals surface area (Å²) in [7, 11) is 0. The second-order valence-corrected chi connectivity index (χ2v) is 12.8. The summed E-state index contributed by atoms with van der Waals surface area (Å²) in [5.41, 5.74) is 5.13. The molecule has 0 spiro atoms. The summed E-state index contributed by atoms with van der Waals surface area (Å²) in [6.45, 7) is 9.45. The van der Waals surface area contributed by atoms with Crippen molar-refractivity contribution in [2.75, 3.05) is 13.1 Å². The lowest BCUT2D eigenvalue weighted by Crippen LogP contribution is -2.33. The van der Waals surface area contributed by atoms with Gasteiger partial charge >= 0.3 is 6.18 Å². The van der Waals surface area contributed by atoms with Crippen LogP contribution in [-0.2, 0) is 22.3 Å². The Bertz CT molecular complexity index is 1560. The summed E-state index contributed by atoms with van der Waals surface area (Å²) in [6, 6.07) is 4.05. The molecular formula is C29H32F3N5O3S. The van der Waals surface area contributed by atoms with Gasteiger partial charge in [-0.05, 0) is 49.9 Å². The van der Waals surface area contributed by atoms with Gasteiger partial charge in [0.25, 0.3) is 5.91 Å². The van der Waals surface area contributed by atoms with Crippen molar-refractivity contribution in [1.29, 1.82) is 0 Å². The van der Waals surface area contributed by atoms with E-state index in [0.717, 1.165) is 6.07 Å². The lowest BCUT2D eigenvalue weighted by molar-refractivity contribution is -0.142. The maximum absolute atomic E-state index is 13.9. The standard InChI is InChI=1S/C29H32F3N5O3S/c1-14-10-21(29(30,31)32)35-23(22(14)26(39)36-9-7-17(12-36)16(3)33)19-6-8-34-20-11-18(41-24(19)20)13-37-25(38)15(2)28(4,5)27(37)40/h6,8,10-11,15-17H,7,9,12-13,33H2,1-5H3. The highest BCUT2D eigenvalue weighted by Gasteiger charge is 2.51. The van der Waals surface area contributed by atoms with Crippen molar-refractivity contribution in [2.45, 2.75) is 59.8 Å². The second kappa shape index (κ2) is 10.2. The Labute approximate surface area is 239 Å². The van der Waals surface area contributed by atoms with Crippen LogP contribution in [0.1, 0.15) is 60.6 Å². The fourth-order valence-corrected chi connectivity index (χ4v) is 6.69. The van der Waals surface area contributed by atoms with E-state index in [0.29, 0.717) is 40.2 Å². The fourth-order valence-electron chi connectivity index (χ4n) is 5.57. The number of carbonyl (C=O) groups excluding carboxylic acids is 3. The number of aromatic nitrogens is 2. The van der Waals surface area contributed by atoms with Gasteiger partial charge in [0.15, 0.2) is 0 Å². The number of nitrogens with zero attached hydrogens (tertiary/aromatic N) is 4. The van der Waals surface area contributed by atoms with Crippen LogP contribution in [0.5, 0.6) is 0 Å².